The van der Waals surface area contributed by atoms with Gasteiger partial charge in [-0.1, -0.05) is 27.7 Å². The number of hydrogen-bond donors (Lipinski definition) is 2. The summed E-state index contributed by atoms with van der Waals surface area (Å²) in [5, 5.41) is 7.25. The molecule has 4 atom stereocenters. The Morgan fingerprint density at radius 3 is 1.18 bits per heavy atom. The number of nitrogens with one attached hydrogen (secondary N) is 2. The van der Waals surface area contributed by atoms with Crippen LogP contribution in [0, 0.1) is 33.5 Å². The van der Waals surface area contributed by atoms with E-state index in [0.717, 1.165) is 11.8 Å². The summed E-state index contributed by atoms with van der Waals surface area (Å²) >= 11 is 0. The summed E-state index contributed by atoms with van der Waals surface area (Å²) in [4.78, 5) is 13.4. The van der Waals surface area contributed by atoms with Gasteiger partial charge >= 0.3 is 6.03 Å². The van der Waals surface area contributed by atoms with E-state index in [0.29, 0.717) is 21.7 Å². The van der Waals surface area contributed by atoms with Gasteiger partial charge in [-0.15, -0.1) is 0 Å². The third-order valence-electron chi connectivity index (χ3n) is 10.0. The number of urea groups is 1. The minimum atomic E-state index is 0.0586. The Morgan fingerprint density at radius 1 is 0.571 bits per heavy atom. The molecule has 0 aromatic carbocycles. The summed E-state index contributed by atoms with van der Waals surface area (Å²) < 4.78 is 0. The molecule has 8 rings (SSSR count). The molecule has 0 heterocycles. The highest BCUT2D eigenvalue weighted by molar-refractivity contribution is 5.76. The van der Waals surface area contributed by atoms with E-state index in [-0.39, 0.29) is 17.1 Å². The Kier molecular flexibility index (Phi) is 3.19. The molecule has 8 bridgehead atoms. The Morgan fingerprint density at radius 2 is 0.893 bits per heavy atom. The number of amides is 2. The largest absolute Gasteiger partial charge is 0.333 e. The molecule has 3 nitrogen and oxygen atoms in total. The van der Waals surface area contributed by atoms with Crippen molar-refractivity contribution in [2.24, 2.45) is 33.5 Å². The summed E-state index contributed by atoms with van der Waals surface area (Å²) in [5.41, 5.74) is 1.91. The molecule has 0 spiro atoms. The highest BCUT2D eigenvalue weighted by Crippen LogP contribution is 2.67. The van der Waals surface area contributed by atoms with Gasteiger partial charge in [0.05, 0.1) is 0 Å². The highest BCUT2D eigenvalue weighted by atomic mass is 16.2. The lowest BCUT2D eigenvalue weighted by Gasteiger charge is -2.66. The van der Waals surface area contributed by atoms with Crippen LogP contribution in [0.3, 0.4) is 0 Å². The van der Waals surface area contributed by atoms with Crippen LogP contribution in [0.5, 0.6) is 0 Å². The van der Waals surface area contributed by atoms with Gasteiger partial charge in [-0.2, -0.15) is 0 Å². The lowest BCUT2D eigenvalue weighted by molar-refractivity contribution is -0.119. The first-order valence-electron chi connectivity index (χ1n) is 12.0. The van der Waals surface area contributed by atoms with Gasteiger partial charge in [-0.25, -0.2) is 4.79 Å². The van der Waals surface area contributed by atoms with Crippen molar-refractivity contribution in [2.45, 2.75) is 116 Å². The van der Waals surface area contributed by atoms with Crippen LogP contribution < -0.4 is 10.6 Å². The topological polar surface area (TPSA) is 41.1 Å². The van der Waals surface area contributed by atoms with Crippen molar-refractivity contribution >= 4 is 6.03 Å². The predicted octanol–water partition coefficient (Wildman–Crippen LogP) is 5.78. The van der Waals surface area contributed by atoms with Crippen molar-refractivity contribution in [3.05, 3.63) is 0 Å². The minimum absolute atomic E-state index is 0.0586. The molecule has 3 heteroatoms. The van der Waals surface area contributed by atoms with Gasteiger partial charge in [-0.3, -0.25) is 0 Å². The molecule has 0 aliphatic heterocycles. The molecule has 0 aromatic rings. The molecule has 4 unspecified atom stereocenters. The van der Waals surface area contributed by atoms with Crippen molar-refractivity contribution in [1.29, 1.82) is 0 Å². The molecule has 28 heavy (non-hydrogen) atoms. The SMILES string of the molecule is CC12CC3CC(C)(C1)CC(NC(=O)NC14CC5CC(C)(CC(C)(C5)C1)C4)(C3)C2. The zero-order valence-corrected chi connectivity index (χ0v) is 18.5. The molecule has 0 aromatic heterocycles. The van der Waals surface area contributed by atoms with Gasteiger partial charge in [0.1, 0.15) is 0 Å². The predicted molar refractivity (Wildman–Crippen MR) is 112 cm³/mol. The van der Waals surface area contributed by atoms with Crippen molar-refractivity contribution in [3.63, 3.8) is 0 Å². The molecule has 8 aliphatic rings. The number of carbonyl (C=O) groups is 1. The summed E-state index contributed by atoms with van der Waals surface area (Å²) in [6.45, 7) is 9.96. The second-order valence-corrected chi connectivity index (χ2v) is 14.4. The highest BCUT2D eigenvalue weighted by Gasteiger charge is 2.62. The number of hydrogen-bond acceptors (Lipinski definition) is 1. The van der Waals surface area contributed by atoms with Crippen LogP contribution in [0.15, 0.2) is 0 Å². The molecular formula is C25H40N2O. The molecule has 8 fully saturated rings. The number of rotatable bonds is 2. The third-order valence-corrected chi connectivity index (χ3v) is 10.0. The second kappa shape index (κ2) is 4.94. The van der Waals surface area contributed by atoms with Gasteiger partial charge < -0.3 is 10.6 Å². The first-order valence-corrected chi connectivity index (χ1v) is 12.0. The lowest BCUT2D eigenvalue weighted by atomic mass is 9.42. The molecule has 0 radical (unpaired) electrons. The molecule has 2 N–H and O–H groups in total. The molecular weight excluding hydrogens is 344 g/mol. The van der Waals surface area contributed by atoms with Crippen molar-refractivity contribution in [2.75, 3.05) is 0 Å². The summed E-state index contributed by atoms with van der Waals surface area (Å²) in [6, 6.07) is 0.156. The van der Waals surface area contributed by atoms with E-state index in [1.165, 1.54) is 77.0 Å². The maximum atomic E-state index is 13.4. The van der Waals surface area contributed by atoms with E-state index < -0.39 is 0 Å². The molecule has 8 saturated carbocycles. The first-order chi connectivity index (χ1) is 12.9. The molecule has 0 saturated heterocycles. The second-order valence-electron chi connectivity index (χ2n) is 14.4. The normalized spacial score (nSPS) is 60.9. The Hall–Kier alpha value is -0.730. The van der Waals surface area contributed by atoms with Crippen LogP contribution in [0.25, 0.3) is 0 Å². The fraction of sp³-hybridized carbons (Fsp3) is 0.960. The molecule has 156 valence electrons. The Balaban J connectivity index is 1.22. The van der Waals surface area contributed by atoms with Gasteiger partial charge in [0, 0.05) is 11.1 Å². The molecule has 2 amide bonds. The summed E-state index contributed by atoms with van der Waals surface area (Å²) in [6.07, 6.45) is 15.5. The van der Waals surface area contributed by atoms with E-state index in [4.69, 9.17) is 0 Å². The van der Waals surface area contributed by atoms with Crippen LogP contribution in [0.1, 0.15) is 105 Å². The van der Waals surface area contributed by atoms with Gasteiger partial charge in [0.15, 0.2) is 0 Å². The van der Waals surface area contributed by atoms with Gasteiger partial charge in [0.2, 0.25) is 0 Å². The summed E-state index contributed by atoms with van der Waals surface area (Å²) in [7, 11) is 0. The van der Waals surface area contributed by atoms with E-state index in [1.54, 1.807) is 0 Å². The fourth-order valence-electron chi connectivity index (χ4n) is 11.7. The first kappa shape index (κ1) is 18.1. The van der Waals surface area contributed by atoms with E-state index in [1.807, 2.05) is 0 Å². The maximum absolute atomic E-state index is 13.4. The smallest absolute Gasteiger partial charge is 0.315 e. The van der Waals surface area contributed by atoms with E-state index in [9.17, 15) is 4.79 Å². The quantitative estimate of drug-likeness (QED) is 0.622. The van der Waals surface area contributed by atoms with Crippen molar-refractivity contribution in [1.82, 2.24) is 10.6 Å². The lowest BCUT2D eigenvalue weighted by Crippen LogP contribution is -2.70. The van der Waals surface area contributed by atoms with Crippen LogP contribution in [0.4, 0.5) is 4.79 Å². The zero-order chi connectivity index (χ0) is 19.6. The Bertz CT molecular complexity index is 647. The zero-order valence-electron chi connectivity index (χ0n) is 18.5. The van der Waals surface area contributed by atoms with Crippen LogP contribution >= 0.6 is 0 Å². The van der Waals surface area contributed by atoms with Crippen LogP contribution in [0.2, 0.25) is 0 Å². The van der Waals surface area contributed by atoms with Crippen LogP contribution in [-0.4, -0.2) is 17.1 Å². The fourth-order valence-corrected chi connectivity index (χ4v) is 11.7. The van der Waals surface area contributed by atoms with Crippen molar-refractivity contribution in [3.8, 4) is 0 Å². The van der Waals surface area contributed by atoms with E-state index in [2.05, 4.69) is 38.3 Å². The maximum Gasteiger partial charge on any atom is 0.315 e. The van der Waals surface area contributed by atoms with Gasteiger partial charge in [0.25, 0.3) is 0 Å². The van der Waals surface area contributed by atoms with Crippen LogP contribution in [-0.2, 0) is 0 Å². The Labute approximate surface area is 171 Å². The average Bonchev–Trinajstić information content (AvgIpc) is 2.36. The monoisotopic (exact) mass is 384 g/mol. The standard InChI is InChI=1S/C25H40N2O/c1-20-5-17-6-21(2,11-20)14-24(9-17,13-20)26-19(28)27-25-10-18-7-22(3,15-25)12-23(4,8-18)16-25/h17-18H,5-16H2,1-4H3,(H2,26,27,28). The van der Waals surface area contributed by atoms with Crippen molar-refractivity contribution < 1.29 is 4.79 Å². The number of carbonyl (C=O) groups excluding carboxylic acids is 1. The van der Waals surface area contributed by atoms with Gasteiger partial charge in [-0.05, 0) is 111 Å². The summed E-state index contributed by atoms with van der Waals surface area (Å²) in [5.74, 6) is 1.65. The van der Waals surface area contributed by atoms with E-state index >= 15 is 0 Å². The molecule has 8 aliphatic carbocycles. The third kappa shape index (κ3) is 2.63. The minimum Gasteiger partial charge on any atom is -0.333 e. The average molecular weight is 385 g/mol.